The van der Waals surface area contributed by atoms with E-state index in [9.17, 15) is 5.11 Å². The van der Waals surface area contributed by atoms with Crippen molar-refractivity contribution in [2.75, 3.05) is 27.7 Å². The maximum absolute atomic E-state index is 10.3. The molecular formula is C12H21N3O2. The van der Waals surface area contributed by atoms with Gasteiger partial charge in [0.15, 0.2) is 5.75 Å². The molecule has 0 aliphatic heterocycles. The van der Waals surface area contributed by atoms with Gasteiger partial charge in [0.25, 0.3) is 0 Å². The summed E-state index contributed by atoms with van der Waals surface area (Å²) in [7, 11) is 5.67. The molecule has 1 aromatic heterocycles. The van der Waals surface area contributed by atoms with Gasteiger partial charge < -0.3 is 14.7 Å². The fraction of sp³-hybridized carbons (Fsp3) is 0.750. The molecule has 1 atom stereocenters. The lowest BCUT2D eigenvalue weighted by molar-refractivity contribution is 0.138. The van der Waals surface area contributed by atoms with Gasteiger partial charge in [-0.05, 0) is 32.9 Å². The molecule has 1 N–H and O–H groups in total. The molecule has 2 rings (SSSR count). The fourth-order valence-corrected chi connectivity index (χ4v) is 1.94. The summed E-state index contributed by atoms with van der Waals surface area (Å²) in [6, 6.07) is 0. The Labute approximate surface area is 102 Å². The summed E-state index contributed by atoms with van der Waals surface area (Å²) in [6.07, 6.45) is 3.46. The number of aliphatic hydroxyl groups excluding tert-OH is 1. The largest absolute Gasteiger partial charge is 0.493 e. The molecule has 1 heterocycles. The maximum Gasteiger partial charge on any atom is 0.162 e. The van der Waals surface area contributed by atoms with Crippen LogP contribution in [0.4, 0.5) is 0 Å². The summed E-state index contributed by atoms with van der Waals surface area (Å²) in [5, 5.41) is 14.5. The molecule has 0 bridgehead atoms. The quantitative estimate of drug-likeness (QED) is 0.801. The van der Waals surface area contributed by atoms with Gasteiger partial charge in [0.1, 0.15) is 11.8 Å². The lowest BCUT2D eigenvalue weighted by Gasteiger charge is -2.16. The van der Waals surface area contributed by atoms with Crippen LogP contribution in [0.25, 0.3) is 0 Å². The van der Waals surface area contributed by atoms with Crippen LogP contribution in [-0.2, 0) is 6.54 Å². The zero-order chi connectivity index (χ0) is 12.4. The number of aromatic nitrogens is 2. The Morgan fingerprint density at radius 1 is 1.59 bits per heavy atom. The Bertz CT molecular complexity index is 372. The topological polar surface area (TPSA) is 50.5 Å². The zero-order valence-corrected chi connectivity index (χ0v) is 10.8. The van der Waals surface area contributed by atoms with E-state index in [1.54, 1.807) is 13.3 Å². The lowest BCUT2D eigenvalue weighted by Crippen LogP contribution is -2.21. The van der Waals surface area contributed by atoms with Crippen LogP contribution >= 0.6 is 0 Å². The van der Waals surface area contributed by atoms with Gasteiger partial charge in [-0.25, -0.2) is 0 Å². The van der Waals surface area contributed by atoms with Crippen LogP contribution < -0.4 is 4.74 Å². The van der Waals surface area contributed by atoms with E-state index in [1.165, 1.54) is 0 Å². The molecule has 1 unspecified atom stereocenters. The molecule has 0 saturated heterocycles. The Morgan fingerprint density at radius 2 is 2.29 bits per heavy atom. The van der Waals surface area contributed by atoms with E-state index >= 15 is 0 Å². The van der Waals surface area contributed by atoms with Crippen LogP contribution in [0.15, 0.2) is 6.20 Å². The Kier molecular flexibility index (Phi) is 3.69. The smallest absolute Gasteiger partial charge is 0.162 e. The van der Waals surface area contributed by atoms with Gasteiger partial charge in [0.05, 0.1) is 19.9 Å². The van der Waals surface area contributed by atoms with E-state index in [2.05, 4.69) is 10.00 Å². The van der Waals surface area contributed by atoms with Gasteiger partial charge in [0, 0.05) is 6.54 Å². The van der Waals surface area contributed by atoms with Crippen molar-refractivity contribution >= 4 is 0 Å². The van der Waals surface area contributed by atoms with Crippen molar-refractivity contribution in [3.63, 3.8) is 0 Å². The molecule has 1 aliphatic rings. The van der Waals surface area contributed by atoms with Gasteiger partial charge in [-0.15, -0.1) is 0 Å². The minimum absolute atomic E-state index is 0.388. The van der Waals surface area contributed by atoms with Crippen LogP contribution in [-0.4, -0.2) is 47.5 Å². The Morgan fingerprint density at radius 3 is 2.82 bits per heavy atom. The minimum Gasteiger partial charge on any atom is -0.493 e. The van der Waals surface area contributed by atoms with Gasteiger partial charge in [0.2, 0.25) is 0 Å². The second kappa shape index (κ2) is 5.06. The molecule has 1 aromatic rings. The van der Waals surface area contributed by atoms with Crippen molar-refractivity contribution in [2.45, 2.75) is 25.5 Å². The molecule has 5 nitrogen and oxygen atoms in total. The number of likely N-dealkylation sites (N-methyl/N-ethyl adjacent to an activating group) is 1. The third kappa shape index (κ3) is 2.79. The summed E-state index contributed by atoms with van der Waals surface area (Å²) in [4.78, 5) is 2.10. The van der Waals surface area contributed by atoms with E-state index in [0.717, 1.165) is 31.6 Å². The molecule has 1 aliphatic carbocycles. The fourth-order valence-electron chi connectivity index (χ4n) is 1.94. The summed E-state index contributed by atoms with van der Waals surface area (Å²) in [5.41, 5.74) is 0.830. The SMILES string of the molecule is COc1cnn(CCN(C)C)c1C(O)C1CC1. The monoisotopic (exact) mass is 239 g/mol. The van der Waals surface area contributed by atoms with Crippen LogP contribution in [0, 0.1) is 5.92 Å². The van der Waals surface area contributed by atoms with Gasteiger partial charge in [-0.2, -0.15) is 5.10 Å². The van der Waals surface area contributed by atoms with Gasteiger partial charge >= 0.3 is 0 Å². The maximum atomic E-state index is 10.3. The molecule has 0 amide bonds. The molecule has 17 heavy (non-hydrogen) atoms. The van der Waals surface area contributed by atoms with E-state index in [4.69, 9.17) is 4.74 Å². The van der Waals surface area contributed by atoms with Crippen molar-refractivity contribution < 1.29 is 9.84 Å². The van der Waals surface area contributed by atoms with Crippen molar-refractivity contribution in [3.8, 4) is 5.75 Å². The molecule has 0 spiro atoms. The summed E-state index contributed by atoms with van der Waals surface area (Å²) < 4.78 is 7.14. The molecule has 0 radical (unpaired) electrons. The highest BCUT2D eigenvalue weighted by Crippen LogP contribution is 2.43. The number of rotatable bonds is 6. The highest BCUT2D eigenvalue weighted by molar-refractivity contribution is 5.28. The predicted octanol–water partition coefficient (Wildman–Crippen LogP) is 0.897. The van der Waals surface area contributed by atoms with E-state index in [0.29, 0.717) is 11.7 Å². The third-order valence-corrected chi connectivity index (χ3v) is 3.17. The molecule has 1 saturated carbocycles. The van der Waals surface area contributed by atoms with E-state index < -0.39 is 6.10 Å². The Hall–Kier alpha value is -1.07. The number of nitrogens with zero attached hydrogens (tertiary/aromatic N) is 3. The van der Waals surface area contributed by atoms with Crippen molar-refractivity contribution in [3.05, 3.63) is 11.9 Å². The number of ether oxygens (including phenoxy) is 1. The first-order valence-electron chi connectivity index (χ1n) is 6.06. The van der Waals surface area contributed by atoms with Crippen LogP contribution in [0.1, 0.15) is 24.6 Å². The number of hydrogen-bond acceptors (Lipinski definition) is 4. The summed E-state index contributed by atoms with van der Waals surface area (Å²) in [6.45, 7) is 1.67. The number of methoxy groups -OCH3 is 1. The summed E-state index contributed by atoms with van der Waals surface area (Å²) in [5.74, 6) is 1.09. The van der Waals surface area contributed by atoms with Gasteiger partial charge in [-0.3, -0.25) is 4.68 Å². The third-order valence-electron chi connectivity index (χ3n) is 3.17. The van der Waals surface area contributed by atoms with Crippen LogP contribution in [0.2, 0.25) is 0 Å². The van der Waals surface area contributed by atoms with Crippen molar-refractivity contribution in [1.29, 1.82) is 0 Å². The van der Waals surface area contributed by atoms with Crippen molar-refractivity contribution in [2.24, 2.45) is 5.92 Å². The normalized spacial score (nSPS) is 17.5. The van der Waals surface area contributed by atoms with E-state index in [-0.39, 0.29) is 0 Å². The van der Waals surface area contributed by atoms with Gasteiger partial charge in [-0.1, -0.05) is 0 Å². The highest BCUT2D eigenvalue weighted by atomic mass is 16.5. The zero-order valence-electron chi connectivity index (χ0n) is 10.8. The van der Waals surface area contributed by atoms with Crippen molar-refractivity contribution in [1.82, 2.24) is 14.7 Å². The van der Waals surface area contributed by atoms with E-state index in [1.807, 2.05) is 18.8 Å². The summed E-state index contributed by atoms with van der Waals surface area (Å²) >= 11 is 0. The molecule has 0 aromatic carbocycles. The number of aliphatic hydroxyl groups is 1. The first kappa shape index (κ1) is 12.4. The van der Waals surface area contributed by atoms with Crippen LogP contribution in [0.3, 0.4) is 0 Å². The number of hydrogen-bond donors (Lipinski definition) is 1. The molecule has 96 valence electrons. The molecule has 5 heteroatoms. The average Bonchev–Trinajstić information content (AvgIpc) is 3.05. The molecular weight excluding hydrogens is 218 g/mol. The first-order valence-corrected chi connectivity index (χ1v) is 6.06. The minimum atomic E-state index is -0.436. The standard InChI is InChI=1S/C12H21N3O2/c1-14(2)6-7-15-11(10(17-3)8-13-15)12(16)9-4-5-9/h8-9,12,16H,4-7H2,1-3H3. The highest BCUT2D eigenvalue weighted by Gasteiger charge is 2.35. The second-order valence-electron chi connectivity index (χ2n) is 4.91. The molecule has 1 fully saturated rings. The predicted molar refractivity (Wildman–Crippen MR) is 65.0 cm³/mol. The Balaban J connectivity index is 2.16. The average molecular weight is 239 g/mol. The first-order chi connectivity index (χ1) is 8.13. The lowest BCUT2D eigenvalue weighted by atomic mass is 10.1. The second-order valence-corrected chi connectivity index (χ2v) is 4.91. The van der Waals surface area contributed by atoms with Crippen LogP contribution in [0.5, 0.6) is 5.75 Å².